The van der Waals surface area contributed by atoms with Gasteiger partial charge in [0.15, 0.2) is 0 Å². The minimum absolute atomic E-state index is 0.390. The summed E-state index contributed by atoms with van der Waals surface area (Å²) in [5, 5.41) is 28.0. The Morgan fingerprint density at radius 2 is 1.86 bits per heavy atom. The molecule has 8 heteroatoms. The van der Waals surface area contributed by atoms with E-state index in [1.807, 2.05) is 18.2 Å². The van der Waals surface area contributed by atoms with Gasteiger partial charge in [0, 0.05) is 24.7 Å². The maximum Gasteiger partial charge on any atom is 0.488 e. The van der Waals surface area contributed by atoms with Crippen LogP contribution in [-0.4, -0.2) is 47.7 Å². The third-order valence-corrected chi connectivity index (χ3v) is 4.53. The van der Waals surface area contributed by atoms with Crippen LogP contribution in [0.15, 0.2) is 42.6 Å². The second-order valence-electron chi connectivity index (χ2n) is 6.56. The first-order valence-electron chi connectivity index (χ1n) is 9.23. The number of anilines is 1. The number of fused-ring (bicyclic) bond motifs is 1. The van der Waals surface area contributed by atoms with Crippen molar-refractivity contribution in [2.24, 2.45) is 0 Å². The van der Waals surface area contributed by atoms with Crippen molar-refractivity contribution in [3.63, 3.8) is 0 Å². The SMILES string of the molecule is COCCCCCOc1ccc(B(O)O)cc1-c1ccc2c(N)cnnc2c1. The Hall–Kier alpha value is -2.68. The molecular weight excluding hydrogens is 357 g/mol. The molecule has 2 aromatic carbocycles. The summed E-state index contributed by atoms with van der Waals surface area (Å²) in [6.07, 6.45) is 4.43. The minimum atomic E-state index is -1.56. The van der Waals surface area contributed by atoms with Crippen LogP contribution in [0, 0.1) is 0 Å². The van der Waals surface area contributed by atoms with Gasteiger partial charge in [-0.1, -0.05) is 18.2 Å². The van der Waals surface area contributed by atoms with E-state index < -0.39 is 7.12 Å². The van der Waals surface area contributed by atoms with Crippen LogP contribution in [0.25, 0.3) is 22.0 Å². The number of hydrogen-bond acceptors (Lipinski definition) is 7. The predicted molar refractivity (Wildman–Crippen MR) is 110 cm³/mol. The quantitative estimate of drug-likeness (QED) is 0.383. The van der Waals surface area contributed by atoms with Crippen molar-refractivity contribution in [1.82, 2.24) is 10.2 Å². The van der Waals surface area contributed by atoms with Crippen molar-refractivity contribution < 1.29 is 19.5 Å². The average molecular weight is 381 g/mol. The molecule has 28 heavy (non-hydrogen) atoms. The zero-order valence-electron chi connectivity index (χ0n) is 15.8. The van der Waals surface area contributed by atoms with Gasteiger partial charge in [0.05, 0.1) is 24.0 Å². The standard InChI is InChI=1S/C20H24BN3O4/c1-27-9-3-2-4-10-28-20-8-6-15(21(25)26)12-17(20)14-5-7-16-18(22)13-23-24-19(16)11-14/h5-8,11-13,25-26H,2-4,9-10H2,1H3,(H2,22,24). The fourth-order valence-corrected chi connectivity index (χ4v) is 3.02. The zero-order valence-corrected chi connectivity index (χ0v) is 15.8. The van der Waals surface area contributed by atoms with Crippen LogP contribution < -0.4 is 15.9 Å². The Morgan fingerprint density at radius 3 is 2.64 bits per heavy atom. The normalized spacial score (nSPS) is 11.0. The molecule has 0 bridgehead atoms. The highest BCUT2D eigenvalue weighted by Crippen LogP contribution is 2.32. The van der Waals surface area contributed by atoms with E-state index >= 15 is 0 Å². The van der Waals surface area contributed by atoms with Crippen molar-refractivity contribution in [3.8, 4) is 16.9 Å². The number of rotatable bonds is 9. The van der Waals surface area contributed by atoms with E-state index in [0.29, 0.717) is 29.0 Å². The number of methoxy groups -OCH3 is 1. The summed E-state index contributed by atoms with van der Waals surface area (Å²) in [5.74, 6) is 0.673. The second kappa shape index (κ2) is 9.50. The van der Waals surface area contributed by atoms with Crippen LogP contribution in [-0.2, 0) is 4.74 Å². The molecular formula is C20H24BN3O4. The van der Waals surface area contributed by atoms with Gasteiger partial charge in [0.2, 0.25) is 0 Å². The molecule has 0 aliphatic heterocycles. The average Bonchev–Trinajstić information content (AvgIpc) is 2.70. The Balaban J connectivity index is 1.88. The van der Waals surface area contributed by atoms with E-state index in [1.54, 1.807) is 25.3 Å². The van der Waals surface area contributed by atoms with Crippen LogP contribution in [0.2, 0.25) is 0 Å². The number of unbranched alkanes of at least 4 members (excludes halogenated alkanes) is 2. The Labute approximate surface area is 164 Å². The highest BCUT2D eigenvalue weighted by molar-refractivity contribution is 6.58. The first-order chi connectivity index (χ1) is 13.6. The summed E-state index contributed by atoms with van der Waals surface area (Å²) in [5.41, 5.74) is 9.16. The lowest BCUT2D eigenvalue weighted by atomic mass is 9.79. The molecule has 0 atom stereocenters. The number of nitrogen functional groups attached to an aromatic ring is 1. The van der Waals surface area contributed by atoms with Crippen LogP contribution in [0.1, 0.15) is 19.3 Å². The highest BCUT2D eigenvalue weighted by atomic mass is 16.5. The summed E-state index contributed by atoms with van der Waals surface area (Å²) in [4.78, 5) is 0. The third-order valence-electron chi connectivity index (χ3n) is 4.53. The van der Waals surface area contributed by atoms with E-state index in [-0.39, 0.29) is 0 Å². The van der Waals surface area contributed by atoms with Gasteiger partial charge in [-0.05, 0) is 48.5 Å². The predicted octanol–water partition coefficient (Wildman–Crippen LogP) is 1.75. The smallest absolute Gasteiger partial charge is 0.488 e. The fourth-order valence-electron chi connectivity index (χ4n) is 3.02. The van der Waals surface area contributed by atoms with E-state index in [9.17, 15) is 10.0 Å². The lowest BCUT2D eigenvalue weighted by Crippen LogP contribution is -2.29. The second-order valence-corrected chi connectivity index (χ2v) is 6.56. The van der Waals surface area contributed by atoms with E-state index in [2.05, 4.69) is 10.2 Å². The van der Waals surface area contributed by atoms with Crippen LogP contribution in [0.4, 0.5) is 5.69 Å². The van der Waals surface area contributed by atoms with Crippen LogP contribution in [0.5, 0.6) is 5.75 Å². The van der Waals surface area contributed by atoms with Crippen LogP contribution >= 0.6 is 0 Å². The number of ether oxygens (including phenoxy) is 2. The molecule has 3 rings (SSSR count). The van der Waals surface area contributed by atoms with Gasteiger partial charge in [0.1, 0.15) is 5.75 Å². The lowest BCUT2D eigenvalue weighted by Gasteiger charge is -2.14. The van der Waals surface area contributed by atoms with Crippen molar-refractivity contribution in [2.75, 3.05) is 26.1 Å². The molecule has 0 fully saturated rings. The molecule has 0 aliphatic rings. The molecule has 1 aromatic heterocycles. The molecule has 0 radical (unpaired) electrons. The van der Waals surface area contributed by atoms with Gasteiger partial charge in [-0.2, -0.15) is 10.2 Å². The molecule has 146 valence electrons. The van der Waals surface area contributed by atoms with Gasteiger partial charge in [-0.3, -0.25) is 0 Å². The summed E-state index contributed by atoms with van der Waals surface area (Å²) in [7, 11) is 0.138. The fraction of sp³-hybridized carbons (Fsp3) is 0.300. The number of hydrogen-bond donors (Lipinski definition) is 3. The topological polar surface area (TPSA) is 111 Å². The van der Waals surface area contributed by atoms with Crippen molar-refractivity contribution in [3.05, 3.63) is 42.6 Å². The Morgan fingerprint density at radius 1 is 1.04 bits per heavy atom. The van der Waals surface area contributed by atoms with Gasteiger partial charge in [-0.15, -0.1) is 0 Å². The number of nitrogens with two attached hydrogens (primary N) is 1. The molecule has 0 saturated heterocycles. The van der Waals surface area contributed by atoms with Crippen molar-refractivity contribution >= 4 is 29.2 Å². The first-order valence-corrected chi connectivity index (χ1v) is 9.23. The van der Waals surface area contributed by atoms with E-state index in [0.717, 1.165) is 42.4 Å². The molecule has 0 amide bonds. The largest absolute Gasteiger partial charge is 0.493 e. The summed E-state index contributed by atoms with van der Waals surface area (Å²) in [6.45, 7) is 1.31. The van der Waals surface area contributed by atoms with E-state index in [1.165, 1.54) is 6.20 Å². The van der Waals surface area contributed by atoms with Gasteiger partial charge in [-0.25, -0.2) is 0 Å². The zero-order chi connectivity index (χ0) is 19.9. The Kier molecular flexibility index (Phi) is 6.81. The van der Waals surface area contributed by atoms with Gasteiger partial charge in [0.25, 0.3) is 0 Å². The van der Waals surface area contributed by atoms with Gasteiger partial charge >= 0.3 is 7.12 Å². The summed E-state index contributed by atoms with van der Waals surface area (Å²) >= 11 is 0. The van der Waals surface area contributed by atoms with Gasteiger partial charge < -0.3 is 25.3 Å². The maximum absolute atomic E-state index is 9.55. The highest BCUT2D eigenvalue weighted by Gasteiger charge is 2.16. The molecule has 1 heterocycles. The molecule has 0 unspecified atom stereocenters. The number of nitrogens with zero attached hydrogens (tertiary/aromatic N) is 2. The molecule has 7 nitrogen and oxygen atoms in total. The molecule has 4 N–H and O–H groups in total. The molecule has 0 saturated carbocycles. The van der Waals surface area contributed by atoms with Crippen LogP contribution in [0.3, 0.4) is 0 Å². The summed E-state index contributed by atoms with van der Waals surface area (Å²) in [6, 6.07) is 10.8. The molecule has 0 aliphatic carbocycles. The molecule has 3 aromatic rings. The third kappa shape index (κ3) is 4.78. The first kappa shape index (κ1) is 20.1. The lowest BCUT2D eigenvalue weighted by molar-refractivity contribution is 0.189. The minimum Gasteiger partial charge on any atom is -0.493 e. The monoisotopic (exact) mass is 381 g/mol. The number of aromatic nitrogens is 2. The molecule has 0 spiro atoms. The number of benzene rings is 2. The maximum atomic E-state index is 9.55. The van der Waals surface area contributed by atoms with Crippen molar-refractivity contribution in [1.29, 1.82) is 0 Å². The van der Waals surface area contributed by atoms with Crippen molar-refractivity contribution in [2.45, 2.75) is 19.3 Å². The van der Waals surface area contributed by atoms with E-state index in [4.69, 9.17) is 15.2 Å². The summed E-state index contributed by atoms with van der Waals surface area (Å²) < 4.78 is 11.0. The Bertz CT molecular complexity index is 936.